The minimum absolute atomic E-state index is 0.812. The summed E-state index contributed by atoms with van der Waals surface area (Å²) in [5, 5.41) is 0. The Morgan fingerprint density at radius 3 is 2.80 bits per heavy atom. The van der Waals surface area contributed by atoms with Gasteiger partial charge in [-0.1, -0.05) is 12.1 Å². The summed E-state index contributed by atoms with van der Waals surface area (Å²) in [6.45, 7) is 0.853. The maximum Gasteiger partial charge on any atom is 0.105 e. The number of aromatic amines is 1. The van der Waals surface area contributed by atoms with Crippen LogP contribution in [0.15, 0.2) is 42.6 Å². The zero-order chi connectivity index (χ0) is 10.7. The minimum atomic E-state index is 0.812. The molecule has 0 saturated heterocycles. The van der Waals surface area contributed by atoms with Gasteiger partial charge in [0.15, 0.2) is 0 Å². The Balaban J connectivity index is 2.09. The summed E-state index contributed by atoms with van der Waals surface area (Å²) in [4.78, 5) is 5.31. The number of hydrogen-bond acceptors (Lipinski definition) is 2. The number of nitrogens with zero attached hydrogens (tertiary/aromatic N) is 1. The molecule has 15 heavy (non-hydrogen) atoms. The normalized spacial score (nSPS) is 10.2. The molecule has 0 fully saturated rings. The van der Waals surface area contributed by atoms with Gasteiger partial charge in [-0.05, 0) is 29.8 Å². The predicted molar refractivity (Wildman–Crippen MR) is 63.8 cm³/mol. The van der Waals surface area contributed by atoms with Crippen molar-refractivity contribution in [2.24, 2.45) is 0 Å². The molecule has 0 atom stereocenters. The van der Waals surface area contributed by atoms with Crippen LogP contribution in [0.25, 0.3) is 0 Å². The van der Waals surface area contributed by atoms with Gasteiger partial charge in [-0.25, -0.2) is 0 Å². The second kappa shape index (κ2) is 4.09. The van der Waals surface area contributed by atoms with Gasteiger partial charge in [-0.15, -0.1) is 0 Å². The van der Waals surface area contributed by atoms with E-state index >= 15 is 0 Å². The Morgan fingerprint density at radius 2 is 2.13 bits per heavy atom. The lowest BCUT2D eigenvalue weighted by molar-refractivity contribution is 0.905. The highest BCUT2D eigenvalue weighted by molar-refractivity contribution is 5.43. The highest BCUT2D eigenvalue weighted by atomic mass is 15.2. The number of anilines is 2. The summed E-state index contributed by atoms with van der Waals surface area (Å²) in [5.74, 6) is 1.11. The Morgan fingerprint density at radius 1 is 1.27 bits per heavy atom. The monoisotopic (exact) mass is 201 g/mol. The van der Waals surface area contributed by atoms with Crippen LogP contribution in [0.2, 0.25) is 0 Å². The van der Waals surface area contributed by atoms with E-state index in [9.17, 15) is 0 Å². The minimum Gasteiger partial charge on any atom is -0.399 e. The van der Waals surface area contributed by atoms with Crippen molar-refractivity contribution in [2.45, 2.75) is 6.54 Å². The zero-order valence-corrected chi connectivity index (χ0v) is 8.77. The molecule has 1 heterocycles. The third-order valence-electron chi connectivity index (χ3n) is 2.36. The first-order valence-corrected chi connectivity index (χ1v) is 4.94. The highest BCUT2D eigenvalue weighted by Crippen LogP contribution is 2.13. The number of nitrogens with two attached hydrogens (primary N) is 1. The van der Waals surface area contributed by atoms with Crippen molar-refractivity contribution in [1.29, 1.82) is 0 Å². The molecule has 3 nitrogen and oxygen atoms in total. The number of hydrogen-bond donors (Lipinski definition) is 2. The van der Waals surface area contributed by atoms with Crippen molar-refractivity contribution >= 4 is 11.5 Å². The van der Waals surface area contributed by atoms with Crippen LogP contribution in [0.5, 0.6) is 0 Å². The number of H-pyrrole nitrogens is 1. The van der Waals surface area contributed by atoms with Crippen LogP contribution < -0.4 is 10.6 Å². The molecule has 0 spiro atoms. The van der Waals surface area contributed by atoms with Crippen molar-refractivity contribution in [3.05, 3.63) is 48.2 Å². The van der Waals surface area contributed by atoms with Crippen molar-refractivity contribution in [3.63, 3.8) is 0 Å². The molecule has 0 aliphatic heterocycles. The smallest absolute Gasteiger partial charge is 0.105 e. The molecule has 0 bridgehead atoms. The summed E-state index contributed by atoms with van der Waals surface area (Å²) < 4.78 is 0. The third-order valence-corrected chi connectivity index (χ3v) is 2.36. The Labute approximate surface area is 89.5 Å². The lowest BCUT2D eigenvalue weighted by Gasteiger charge is -2.17. The van der Waals surface area contributed by atoms with Gasteiger partial charge in [0.05, 0.1) is 0 Å². The average Bonchev–Trinajstić information content (AvgIpc) is 2.70. The van der Waals surface area contributed by atoms with Crippen LogP contribution >= 0.6 is 0 Å². The number of nitrogens with one attached hydrogen (secondary N) is 1. The SMILES string of the molecule is CN(Cc1cccc(N)c1)c1ccc[nH]1. The first kappa shape index (κ1) is 9.65. The predicted octanol–water partition coefficient (Wildman–Crippen LogP) is 2.23. The van der Waals surface area contributed by atoms with Crippen LogP contribution in [0, 0.1) is 0 Å². The lowest BCUT2D eigenvalue weighted by atomic mass is 10.2. The van der Waals surface area contributed by atoms with Crippen LogP contribution in [-0.2, 0) is 6.54 Å². The standard InChI is InChI=1S/C12H15N3/c1-15(12-6-3-7-14-12)9-10-4-2-5-11(13)8-10/h2-8,14H,9,13H2,1H3. The molecule has 0 radical (unpaired) electrons. The fourth-order valence-corrected chi connectivity index (χ4v) is 1.61. The second-order valence-electron chi connectivity index (χ2n) is 3.66. The molecular weight excluding hydrogens is 186 g/mol. The van der Waals surface area contributed by atoms with Gasteiger partial charge in [0, 0.05) is 25.5 Å². The van der Waals surface area contributed by atoms with E-state index in [1.165, 1.54) is 5.56 Å². The van der Waals surface area contributed by atoms with Crippen LogP contribution in [0.1, 0.15) is 5.56 Å². The molecule has 0 aliphatic carbocycles. The summed E-state index contributed by atoms with van der Waals surface area (Å²) in [6, 6.07) is 12.0. The molecule has 2 aromatic rings. The summed E-state index contributed by atoms with van der Waals surface area (Å²) in [5.41, 5.74) is 7.75. The summed E-state index contributed by atoms with van der Waals surface area (Å²) in [6.07, 6.45) is 1.92. The number of aromatic nitrogens is 1. The van der Waals surface area contributed by atoms with Gasteiger partial charge in [0.25, 0.3) is 0 Å². The van der Waals surface area contributed by atoms with Gasteiger partial charge >= 0.3 is 0 Å². The highest BCUT2D eigenvalue weighted by Gasteiger charge is 2.02. The number of benzene rings is 1. The molecular formula is C12H15N3. The van der Waals surface area contributed by atoms with Gasteiger partial charge in [-0.3, -0.25) is 0 Å². The van der Waals surface area contributed by atoms with Crippen molar-refractivity contribution in [1.82, 2.24) is 4.98 Å². The van der Waals surface area contributed by atoms with Crippen molar-refractivity contribution < 1.29 is 0 Å². The molecule has 1 aromatic carbocycles. The van der Waals surface area contributed by atoms with Gasteiger partial charge < -0.3 is 15.6 Å². The van der Waals surface area contributed by atoms with Gasteiger partial charge in [0.1, 0.15) is 5.82 Å². The zero-order valence-electron chi connectivity index (χ0n) is 8.77. The van der Waals surface area contributed by atoms with Crippen LogP contribution in [0.3, 0.4) is 0 Å². The maximum absolute atomic E-state index is 5.73. The fourth-order valence-electron chi connectivity index (χ4n) is 1.61. The first-order chi connectivity index (χ1) is 7.25. The van der Waals surface area contributed by atoms with E-state index in [-0.39, 0.29) is 0 Å². The Bertz CT molecular complexity index is 420. The lowest BCUT2D eigenvalue weighted by Crippen LogP contribution is -2.16. The molecule has 0 unspecified atom stereocenters. The molecule has 1 aromatic heterocycles. The quantitative estimate of drug-likeness (QED) is 0.748. The Hall–Kier alpha value is -1.90. The summed E-state index contributed by atoms with van der Waals surface area (Å²) >= 11 is 0. The van der Waals surface area contributed by atoms with Crippen LogP contribution in [0.4, 0.5) is 11.5 Å². The van der Waals surface area contributed by atoms with E-state index in [1.54, 1.807) is 0 Å². The molecule has 0 saturated carbocycles. The average molecular weight is 201 g/mol. The van der Waals surface area contributed by atoms with Crippen molar-refractivity contribution in [3.8, 4) is 0 Å². The van der Waals surface area contributed by atoms with E-state index in [0.717, 1.165) is 18.1 Å². The molecule has 0 amide bonds. The number of nitrogen functional groups attached to an aromatic ring is 1. The molecule has 2 rings (SSSR count). The second-order valence-corrected chi connectivity index (χ2v) is 3.66. The number of rotatable bonds is 3. The van der Waals surface area contributed by atoms with E-state index in [2.05, 4.69) is 23.0 Å². The van der Waals surface area contributed by atoms with Crippen LogP contribution in [-0.4, -0.2) is 12.0 Å². The third kappa shape index (κ3) is 2.31. The summed E-state index contributed by atoms with van der Waals surface area (Å²) in [7, 11) is 2.05. The van der Waals surface area contributed by atoms with Gasteiger partial charge in [-0.2, -0.15) is 0 Å². The van der Waals surface area contributed by atoms with Crippen molar-refractivity contribution in [2.75, 3.05) is 17.7 Å². The molecule has 3 N–H and O–H groups in total. The van der Waals surface area contributed by atoms with E-state index in [0.29, 0.717) is 0 Å². The van der Waals surface area contributed by atoms with E-state index in [4.69, 9.17) is 5.73 Å². The Kier molecular flexibility index (Phi) is 2.63. The molecule has 3 heteroatoms. The fraction of sp³-hybridized carbons (Fsp3) is 0.167. The first-order valence-electron chi connectivity index (χ1n) is 4.94. The molecule has 78 valence electrons. The van der Waals surface area contributed by atoms with E-state index in [1.807, 2.05) is 36.5 Å². The largest absolute Gasteiger partial charge is 0.399 e. The molecule has 0 aliphatic rings. The maximum atomic E-state index is 5.73. The topological polar surface area (TPSA) is 45.0 Å². The van der Waals surface area contributed by atoms with Gasteiger partial charge in [0.2, 0.25) is 0 Å². The van der Waals surface area contributed by atoms with E-state index < -0.39 is 0 Å².